The number of benzene rings is 2. The van der Waals surface area contributed by atoms with Crippen LogP contribution in [0.25, 0.3) is 0 Å². The molecule has 1 atom stereocenters. The summed E-state index contributed by atoms with van der Waals surface area (Å²) >= 11 is 0. The van der Waals surface area contributed by atoms with Crippen LogP contribution in [0.15, 0.2) is 36.4 Å². The fourth-order valence-corrected chi connectivity index (χ4v) is 2.75. The number of carbonyl (C=O) groups excluding carboxylic acids is 1. The van der Waals surface area contributed by atoms with Crippen LogP contribution in [-0.2, 0) is 6.54 Å². The second-order valence-corrected chi connectivity index (χ2v) is 5.85. The van der Waals surface area contributed by atoms with Crippen LogP contribution in [0.5, 0.6) is 23.0 Å². The molecule has 2 heterocycles. The molecular formula is C18H18N2O5. The second-order valence-electron chi connectivity index (χ2n) is 5.85. The third-order valence-electron chi connectivity index (χ3n) is 4.13. The quantitative estimate of drug-likeness (QED) is 0.893. The minimum Gasteiger partial charge on any atom is -0.454 e. The summed E-state index contributed by atoms with van der Waals surface area (Å²) in [6.45, 7) is 2.78. The summed E-state index contributed by atoms with van der Waals surface area (Å²) in [5, 5.41) is 5.75. The molecule has 7 heteroatoms. The molecule has 2 aliphatic heterocycles. The zero-order valence-corrected chi connectivity index (χ0v) is 13.7. The van der Waals surface area contributed by atoms with E-state index in [1.54, 1.807) is 0 Å². The minimum atomic E-state index is -0.247. The van der Waals surface area contributed by atoms with Crippen LogP contribution in [0.4, 0.5) is 4.79 Å². The largest absolute Gasteiger partial charge is 0.454 e. The van der Waals surface area contributed by atoms with Crippen molar-refractivity contribution in [3.05, 3.63) is 47.5 Å². The van der Waals surface area contributed by atoms with E-state index in [4.69, 9.17) is 18.9 Å². The normalized spacial score (nSPS) is 14.9. The Morgan fingerprint density at radius 3 is 2.36 bits per heavy atom. The minimum absolute atomic E-state index is 0.161. The predicted octanol–water partition coefficient (Wildman–Crippen LogP) is 2.70. The maximum absolute atomic E-state index is 12.1. The van der Waals surface area contributed by atoms with Crippen molar-refractivity contribution in [3.8, 4) is 23.0 Å². The van der Waals surface area contributed by atoms with Crippen LogP contribution in [0.2, 0.25) is 0 Å². The van der Waals surface area contributed by atoms with Crippen molar-refractivity contribution in [1.82, 2.24) is 10.6 Å². The van der Waals surface area contributed by atoms with Gasteiger partial charge >= 0.3 is 6.03 Å². The van der Waals surface area contributed by atoms with Gasteiger partial charge in [0, 0.05) is 6.54 Å². The Morgan fingerprint density at radius 1 is 0.960 bits per heavy atom. The Bertz CT molecular complexity index is 808. The van der Waals surface area contributed by atoms with Crippen molar-refractivity contribution in [2.24, 2.45) is 0 Å². The second kappa shape index (κ2) is 6.43. The Hall–Kier alpha value is -3.09. The first-order chi connectivity index (χ1) is 12.2. The molecule has 0 unspecified atom stereocenters. The maximum atomic E-state index is 12.1. The van der Waals surface area contributed by atoms with Gasteiger partial charge in [-0.1, -0.05) is 12.1 Å². The highest BCUT2D eigenvalue weighted by atomic mass is 16.7. The molecule has 0 saturated carbocycles. The van der Waals surface area contributed by atoms with Crippen LogP contribution in [0, 0.1) is 0 Å². The van der Waals surface area contributed by atoms with Crippen LogP contribution < -0.4 is 29.6 Å². The van der Waals surface area contributed by atoms with Crippen molar-refractivity contribution >= 4 is 6.03 Å². The van der Waals surface area contributed by atoms with Gasteiger partial charge in [0.15, 0.2) is 23.0 Å². The third kappa shape index (κ3) is 3.26. The molecule has 2 aromatic carbocycles. The summed E-state index contributed by atoms with van der Waals surface area (Å²) in [7, 11) is 0. The molecule has 130 valence electrons. The van der Waals surface area contributed by atoms with Gasteiger partial charge in [-0.15, -0.1) is 0 Å². The molecule has 25 heavy (non-hydrogen) atoms. The SMILES string of the molecule is C[C@H](NC(=O)NCc1ccc2c(c1)OCO2)c1ccc2c(c1)OCO2. The van der Waals surface area contributed by atoms with Crippen molar-refractivity contribution in [2.75, 3.05) is 13.6 Å². The number of ether oxygens (including phenoxy) is 4. The third-order valence-corrected chi connectivity index (χ3v) is 4.13. The van der Waals surface area contributed by atoms with Crippen molar-refractivity contribution in [1.29, 1.82) is 0 Å². The molecule has 0 saturated heterocycles. The molecule has 0 bridgehead atoms. The topological polar surface area (TPSA) is 78.1 Å². The number of rotatable bonds is 4. The van der Waals surface area contributed by atoms with Crippen LogP contribution in [0.1, 0.15) is 24.1 Å². The molecule has 0 fully saturated rings. The summed E-state index contributed by atoms with van der Waals surface area (Å²) in [4.78, 5) is 12.1. The van der Waals surface area contributed by atoms with Gasteiger partial charge < -0.3 is 29.6 Å². The standard InChI is InChI=1S/C18H18N2O5/c1-11(13-3-5-15-17(7-13)25-10-23-15)20-18(21)19-8-12-2-4-14-16(6-12)24-9-22-14/h2-7,11H,8-10H2,1H3,(H2,19,20,21)/t11-/m0/s1. The van der Waals surface area contributed by atoms with E-state index >= 15 is 0 Å². The van der Waals surface area contributed by atoms with E-state index in [1.165, 1.54) is 0 Å². The van der Waals surface area contributed by atoms with Crippen LogP contribution in [0.3, 0.4) is 0 Å². The molecule has 0 aromatic heterocycles. The van der Waals surface area contributed by atoms with E-state index < -0.39 is 0 Å². The zero-order valence-electron chi connectivity index (χ0n) is 13.7. The number of urea groups is 1. The first kappa shape index (κ1) is 15.4. The highest BCUT2D eigenvalue weighted by molar-refractivity contribution is 5.74. The lowest BCUT2D eigenvalue weighted by Crippen LogP contribution is -2.36. The van der Waals surface area contributed by atoms with Crippen LogP contribution in [-0.4, -0.2) is 19.6 Å². The molecule has 0 aliphatic carbocycles. The Labute approximate surface area is 144 Å². The first-order valence-corrected chi connectivity index (χ1v) is 8.01. The van der Waals surface area contributed by atoms with Gasteiger partial charge in [-0.25, -0.2) is 4.79 Å². The Kier molecular flexibility index (Phi) is 3.97. The van der Waals surface area contributed by atoms with E-state index in [9.17, 15) is 4.79 Å². The summed E-state index contributed by atoms with van der Waals surface area (Å²) in [6.07, 6.45) is 0. The van der Waals surface area contributed by atoms with Crippen molar-refractivity contribution in [2.45, 2.75) is 19.5 Å². The van der Waals surface area contributed by atoms with Gasteiger partial charge in [-0.2, -0.15) is 0 Å². The maximum Gasteiger partial charge on any atom is 0.315 e. The summed E-state index contributed by atoms with van der Waals surface area (Å²) in [5.74, 6) is 2.85. The molecule has 2 aromatic rings. The highest BCUT2D eigenvalue weighted by Gasteiger charge is 2.17. The van der Waals surface area contributed by atoms with Gasteiger partial charge in [0.2, 0.25) is 13.6 Å². The molecule has 2 aliphatic rings. The van der Waals surface area contributed by atoms with E-state index in [0.29, 0.717) is 18.0 Å². The summed E-state index contributed by atoms with van der Waals surface area (Å²) in [5.41, 5.74) is 1.89. The van der Waals surface area contributed by atoms with Gasteiger partial charge in [-0.05, 0) is 42.3 Å². The van der Waals surface area contributed by atoms with Gasteiger partial charge in [0.1, 0.15) is 0 Å². The number of fused-ring (bicyclic) bond motifs is 2. The van der Waals surface area contributed by atoms with Crippen LogP contribution >= 0.6 is 0 Å². The van der Waals surface area contributed by atoms with Crippen molar-refractivity contribution < 1.29 is 23.7 Å². The average Bonchev–Trinajstić information content (AvgIpc) is 3.27. The van der Waals surface area contributed by atoms with E-state index in [0.717, 1.165) is 22.6 Å². The molecule has 0 radical (unpaired) electrons. The lowest BCUT2D eigenvalue weighted by Gasteiger charge is -2.15. The van der Waals surface area contributed by atoms with E-state index in [-0.39, 0.29) is 25.7 Å². The van der Waals surface area contributed by atoms with Gasteiger partial charge in [0.25, 0.3) is 0 Å². The average molecular weight is 342 g/mol. The zero-order chi connectivity index (χ0) is 17.2. The molecular weight excluding hydrogens is 324 g/mol. The number of amides is 2. The summed E-state index contributed by atoms with van der Waals surface area (Å²) in [6, 6.07) is 10.8. The monoisotopic (exact) mass is 342 g/mol. The lowest BCUT2D eigenvalue weighted by atomic mass is 10.1. The van der Waals surface area contributed by atoms with E-state index in [1.807, 2.05) is 43.3 Å². The van der Waals surface area contributed by atoms with E-state index in [2.05, 4.69) is 10.6 Å². The number of hydrogen-bond acceptors (Lipinski definition) is 5. The molecule has 2 amide bonds. The number of hydrogen-bond donors (Lipinski definition) is 2. The first-order valence-electron chi connectivity index (χ1n) is 8.01. The van der Waals surface area contributed by atoms with Crippen molar-refractivity contribution in [3.63, 3.8) is 0 Å². The molecule has 2 N–H and O–H groups in total. The molecule has 7 nitrogen and oxygen atoms in total. The van der Waals surface area contributed by atoms with Gasteiger partial charge in [0.05, 0.1) is 6.04 Å². The lowest BCUT2D eigenvalue weighted by molar-refractivity contribution is 0.173. The highest BCUT2D eigenvalue weighted by Crippen LogP contribution is 2.34. The number of carbonyl (C=O) groups is 1. The number of nitrogens with one attached hydrogen (secondary N) is 2. The molecule has 4 rings (SSSR count). The predicted molar refractivity (Wildman–Crippen MR) is 88.9 cm³/mol. The van der Waals surface area contributed by atoms with Gasteiger partial charge in [-0.3, -0.25) is 0 Å². The summed E-state index contributed by atoms with van der Waals surface area (Å²) < 4.78 is 21.3. The molecule has 0 spiro atoms. The smallest absolute Gasteiger partial charge is 0.315 e. The Morgan fingerprint density at radius 2 is 1.60 bits per heavy atom. The Balaban J connectivity index is 1.32. The fraction of sp³-hybridized carbons (Fsp3) is 0.278. The fourth-order valence-electron chi connectivity index (χ4n) is 2.75.